The highest BCUT2D eigenvalue weighted by Crippen LogP contribution is 2.25. The molecule has 0 aliphatic rings. The largest absolute Gasteiger partial charge is 0.467 e. The number of benzene rings is 1. The fraction of sp³-hybridized carbons (Fsp3) is 0.286. The van der Waals surface area contributed by atoms with E-state index in [-0.39, 0.29) is 6.04 Å². The first-order chi connectivity index (χ1) is 7.68. The van der Waals surface area contributed by atoms with Crippen LogP contribution in [-0.2, 0) is 0 Å². The molecule has 1 heterocycles. The second kappa shape index (κ2) is 4.44. The molecular formula is C14H17NO. The quantitative estimate of drug-likeness (QED) is 0.834. The van der Waals surface area contributed by atoms with Crippen molar-refractivity contribution in [1.29, 1.82) is 0 Å². The number of hydrogen-bond donors (Lipinski definition) is 1. The smallest absolute Gasteiger partial charge is 0.125 e. The second-order valence-electron chi connectivity index (χ2n) is 4.15. The van der Waals surface area contributed by atoms with Crippen molar-refractivity contribution in [2.24, 2.45) is 0 Å². The fourth-order valence-electron chi connectivity index (χ4n) is 1.87. The zero-order chi connectivity index (χ0) is 11.5. The van der Waals surface area contributed by atoms with Crippen LogP contribution in [0.5, 0.6) is 0 Å². The lowest BCUT2D eigenvalue weighted by atomic mass is 10.1. The van der Waals surface area contributed by atoms with Crippen LogP contribution in [0.2, 0.25) is 0 Å². The van der Waals surface area contributed by atoms with Crippen LogP contribution in [0.15, 0.2) is 41.0 Å². The molecule has 2 rings (SSSR count). The van der Waals surface area contributed by atoms with E-state index >= 15 is 0 Å². The summed E-state index contributed by atoms with van der Waals surface area (Å²) in [4.78, 5) is 0. The van der Waals surface area contributed by atoms with E-state index in [0.29, 0.717) is 0 Å². The van der Waals surface area contributed by atoms with Gasteiger partial charge in [0.15, 0.2) is 0 Å². The lowest BCUT2D eigenvalue weighted by molar-refractivity contribution is 0.490. The van der Waals surface area contributed by atoms with Gasteiger partial charge in [0.1, 0.15) is 5.76 Å². The predicted molar refractivity (Wildman–Crippen MR) is 66.7 cm³/mol. The molecule has 1 aromatic heterocycles. The summed E-state index contributed by atoms with van der Waals surface area (Å²) in [5, 5.41) is 3.49. The van der Waals surface area contributed by atoms with E-state index in [9.17, 15) is 0 Å². The van der Waals surface area contributed by atoms with Gasteiger partial charge in [0.2, 0.25) is 0 Å². The Kier molecular flexibility index (Phi) is 3.00. The predicted octanol–water partition coefficient (Wildman–Crippen LogP) is 4.07. The van der Waals surface area contributed by atoms with Crippen LogP contribution in [0.1, 0.15) is 29.9 Å². The molecule has 2 aromatic rings. The molecule has 0 amide bonds. The molecule has 84 valence electrons. The number of nitrogens with one attached hydrogen (secondary N) is 1. The van der Waals surface area contributed by atoms with Crippen LogP contribution < -0.4 is 5.32 Å². The molecule has 2 nitrogen and oxygen atoms in total. The topological polar surface area (TPSA) is 25.2 Å². The van der Waals surface area contributed by atoms with Crippen LogP contribution in [-0.4, -0.2) is 0 Å². The average Bonchev–Trinajstić information content (AvgIpc) is 2.76. The third-order valence-electron chi connectivity index (χ3n) is 2.81. The van der Waals surface area contributed by atoms with Crippen LogP contribution >= 0.6 is 0 Å². The summed E-state index contributed by atoms with van der Waals surface area (Å²) < 4.78 is 5.38. The summed E-state index contributed by atoms with van der Waals surface area (Å²) in [7, 11) is 0. The highest BCUT2D eigenvalue weighted by molar-refractivity contribution is 5.57. The van der Waals surface area contributed by atoms with Crippen LogP contribution in [0.4, 0.5) is 5.69 Å². The van der Waals surface area contributed by atoms with Crippen LogP contribution in [0, 0.1) is 13.8 Å². The maximum Gasteiger partial charge on any atom is 0.125 e. The van der Waals surface area contributed by atoms with Gasteiger partial charge in [-0.05, 0) is 44.0 Å². The SMILES string of the molecule is Cc1cccc(C)c1NC(C)c1ccco1. The molecule has 0 fully saturated rings. The molecule has 0 spiro atoms. The van der Waals surface area contributed by atoms with Crippen LogP contribution in [0.25, 0.3) is 0 Å². The highest BCUT2D eigenvalue weighted by atomic mass is 16.3. The summed E-state index contributed by atoms with van der Waals surface area (Å²) in [6.07, 6.45) is 1.71. The molecule has 1 N–H and O–H groups in total. The van der Waals surface area contributed by atoms with Gasteiger partial charge in [-0.3, -0.25) is 0 Å². The minimum atomic E-state index is 0.190. The Balaban J connectivity index is 2.21. The zero-order valence-corrected chi connectivity index (χ0v) is 9.95. The van der Waals surface area contributed by atoms with Crippen molar-refractivity contribution < 1.29 is 4.42 Å². The minimum absolute atomic E-state index is 0.190. The molecule has 0 aliphatic carbocycles. The van der Waals surface area contributed by atoms with E-state index in [1.165, 1.54) is 16.8 Å². The number of anilines is 1. The van der Waals surface area contributed by atoms with E-state index in [0.717, 1.165) is 5.76 Å². The van der Waals surface area contributed by atoms with Crippen molar-refractivity contribution >= 4 is 5.69 Å². The number of aryl methyl sites for hydroxylation is 2. The minimum Gasteiger partial charge on any atom is -0.467 e. The van der Waals surface area contributed by atoms with E-state index in [1.54, 1.807) is 6.26 Å². The molecule has 0 bridgehead atoms. The van der Waals surface area contributed by atoms with Crippen molar-refractivity contribution in [3.63, 3.8) is 0 Å². The van der Waals surface area contributed by atoms with E-state index < -0.39 is 0 Å². The lowest BCUT2D eigenvalue weighted by Gasteiger charge is -2.17. The number of furan rings is 1. The Hall–Kier alpha value is -1.70. The van der Waals surface area contributed by atoms with Gasteiger partial charge in [-0.1, -0.05) is 18.2 Å². The standard InChI is InChI=1S/C14H17NO/c1-10-6-4-7-11(2)14(10)15-12(3)13-8-5-9-16-13/h4-9,12,15H,1-3H3. The molecular weight excluding hydrogens is 198 g/mol. The Morgan fingerprint density at radius 1 is 1.06 bits per heavy atom. The van der Waals surface area contributed by atoms with Gasteiger partial charge in [-0.25, -0.2) is 0 Å². The number of hydrogen-bond acceptors (Lipinski definition) is 2. The fourth-order valence-corrected chi connectivity index (χ4v) is 1.87. The van der Waals surface area contributed by atoms with Gasteiger partial charge in [0.05, 0.1) is 12.3 Å². The van der Waals surface area contributed by atoms with E-state index in [1.807, 2.05) is 12.1 Å². The summed E-state index contributed by atoms with van der Waals surface area (Å²) in [6.45, 7) is 6.33. The molecule has 16 heavy (non-hydrogen) atoms. The molecule has 0 saturated heterocycles. The number of rotatable bonds is 3. The molecule has 1 atom stereocenters. The third-order valence-corrected chi connectivity index (χ3v) is 2.81. The van der Waals surface area contributed by atoms with Gasteiger partial charge < -0.3 is 9.73 Å². The molecule has 0 saturated carbocycles. The molecule has 0 aliphatic heterocycles. The van der Waals surface area contributed by atoms with Gasteiger partial charge in [-0.2, -0.15) is 0 Å². The molecule has 1 aromatic carbocycles. The molecule has 2 heteroatoms. The van der Waals surface area contributed by atoms with Crippen molar-refractivity contribution in [3.8, 4) is 0 Å². The van der Waals surface area contributed by atoms with Crippen molar-refractivity contribution in [2.75, 3.05) is 5.32 Å². The van der Waals surface area contributed by atoms with Gasteiger partial charge in [0.25, 0.3) is 0 Å². The third kappa shape index (κ3) is 2.11. The molecule has 1 unspecified atom stereocenters. The second-order valence-corrected chi connectivity index (χ2v) is 4.15. The summed E-state index contributed by atoms with van der Waals surface area (Å²) in [5.74, 6) is 0.961. The zero-order valence-electron chi connectivity index (χ0n) is 9.95. The van der Waals surface area contributed by atoms with Gasteiger partial charge in [-0.15, -0.1) is 0 Å². The maximum absolute atomic E-state index is 5.38. The monoisotopic (exact) mass is 215 g/mol. The van der Waals surface area contributed by atoms with Crippen LogP contribution in [0.3, 0.4) is 0 Å². The summed E-state index contributed by atoms with van der Waals surface area (Å²) in [5.41, 5.74) is 3.73. The Morgan fingerprint density at radius 3 is 2.31 bits per heavy atom. The first kappa shape index (κ1) is 10.8. The summed E-state index contributed by atoms with van der Waals surface area (Å²) >= 11 is 0. The van der Waals surface area contributed by atoms with E-state index in [4.69, 9.17) is 4.42 Å². The number of para-hydroxylation sites is 1. The van der Waals surface area contributed by atoms with Crippen molar-refractivity contribution in [2.45, 2.75) is 26.8 Å². The first-order valence-electron chi connectivity index (χ1n) is 5.54. The Morgan fingerprint density at radius 2 is 1.75 bits per heavy atom. The average molecular weight is 215 g/mol. The molecule has 0 radical (unpaired) electrons. The van der Waals surface area contributed by atoms with E-state index in [2.05, 4.69) is 44.3 Å². The first-order valence-corrected chi connectivity index (χ1v) is 5.54. The van der Waals surface area contributed by atoms with Crippen molar-refractivity contribution in [3.05, 3.63) is 53.5 Å². The maximum atomic E-state index is 5.38. The lowest BCUT2D eigenvalue weighted by Crippen LogP contribution is -2.07. The highest BCUT2D eigenvalue weighted by Gasteiger charge is 2.10. The van der Waals surface area contributed by atoms with Gasteiger partial charge in [0, 0.05) is 5.69 Å². The Labute approximate surface area is 96.3 Å². The normalized spacial score (nSPS) is 12.4. The van der Waals surface area contributed by atoms with Crippen molar-refractivity contribution in [1.82, 2.24) is 0 Å². The van der Waals surface area contributed by atoms with Gasteiger partial charge >= 0.3 is 0 Å². The Bertz CT molecular complexity index is 439. The summed E-state index contributed by atoms with van der Waals surface area (Å²) in [6, 6.07) is 10.4.